The number of aromatic nitrogens is 1. The molecule has 72 valence electrons. The molecule has 0 fully saturated rings. The highest BCUT2D eigenvalue weighted by molar-refractivity contribution is 6.73. The van der Waals surface area contributed by atoms with Crippen molar-refractivity contribution in [1.29, 1.82) is 0 Å². The lowest BCUT2D eigenvalue weighted by molar-refractivity contribution is 0.501. The van der Waals surface area contributed by atoms with Crippen molar-refractivity contribution < 1.29 is 12.9 Å². The summed E-state index contributed by atoms with van der Waals surface area (Å²) in [4.78, 5) is 3.74. The molecule has 0 amide bonds. The minimum atomic E-state index is -4.95. The molecule has 0 bridgehead atoms. The van der Waals surface area contributed by atoms with Gasteiger partial charge in [-0.3, -0.25) is 4.98 Å². The number of halogens is 3. The van der Waals surface area contributed by atoms with Crippen LogP contribution in [0, 0.1) is 0 Å². The van der Waals surface area contributed by atoms with Gasteiger partial charge in [-0.15, -0.1) is 0 Å². The second-order valence-electron chi connectivity index (χ2n) is 3.04. The molecular formula is C9H6BF3N-. The zero-order chi connectivity index (χ0) is 10.2. The van der Waals surface area contributed by atoms with E-state index in [9.17, 15) is 12.9 Å². The minimum absolute atomic E-state index is 0.518. The molecule has 0 spiro atoms. The number of benzene rings is 1. The summed E-state index contributed by atoms with van der Waals surface area (Å²) in [6.45, 7) is -4.95. The van der Waals surface area contributed by atoms with Crippen LogP contribution in [0.5, 0.6) is 0 Å². The number of fused-ring (bicyclic) bond motifs is 1. The van der Waals surface area contributed by atoms with Crippen LogP contribution in [0.2, 0.25) is 0 Å². The molecule has 1 aromatic heterocycles. The Hall–Kier alpha value is -1.52. The van der Waals surface area contributed by atoms with Crippen LogP contribution in [0.25, 0.3) is 10.9 Å². The molecule has 0 unspecified atom stereocenters. The Kier molecular flexibility index (Phi) is 1.95. The lowest BCUT2D eigenvalue weighted by atomic mass is 9.81. The molecule has 0 aliphatic carbocycles. The number of hydrogen-bond donors (Lipinski definition) is 0. The van der Waals surface area contributed by atoms with E-state index in [4.69, 9.17) is 0 Å². The molecule has 1 heterocycles. The molecule has 0 N–H and O–H groups in total. The van der Waals surface area contributed by atoms with Crippen LogP contribution in [0.3, 0.4) is 0 Å². The molecule has 5 heteroatoms. The van der Waals surface area contributed by atoms with Gasteiger partial charge in [0.25, 0.3) is 0 Å². The molecule has 2 aromatic rings. The van der Waals surface area contributed by atoms with Gasteiger partial charge < -0.3 is 12.9 Å². The van der Waals surface area contributed by atoms with Crippen LogP contribution < -0.4 is 5.46 Å². The first-order valence-electron chi connectivity index (χ1n) is 4.12. The molecule has 1 aromatic carbocycles. The quantitative estimate of drug-likeness (QED) is 0.637. The zero-order valence-corrected chi connectivity index (χ0v) is 7.12. The first-order valence-corrected chi connectivity index (χ1v) is 4.12. The van der Waals surface area contributed by atoms with E-state index in [-0.39, 0.29) is 0 Å². The molecule has 1 nitrogen and oxygen atoms in total. The summed E-state index contributed by atoms with van der Waals surface area (Å²) >= 11 is 0. The molecule has 0 saturated carbocycles. The Balaban J connectivity index is 2.63. The van der Waals surface area contributed by atoms with Crippen LogP contribution in [0.1, 0.15) is 0 Å². The number of pyridine rings is 1. The average molecular weight is 196 g/mol. The van der Waals surface area contributed by atoms with E-state index < -0.39 is 12.4 Å². The maximum atomic E-state index is 12.3. The van der Waals surface area contributed by atoms with Crippen molar-refractivity contribution in [2.45, 2.75) is 0 Å². The summed E-state index contributed by atoms with van der Waals surface area (Å²) in [5.41, 5.74) is -0.0694. The lowest BCUT2D eigenvalue weighted by Crippen LogP contribution is -2.34. The molecule has 0 saturated heterocycles. The van der Waals surface area contributed by atoms with Gasteiger partial charge in [-0.1, -0.05) is 29.7 Å². The second kappa shape index (κ2) is 3.01. The Bertz CT molecular complexity index is 467. The maximum absolute atomic E-state index is 12.3. The van der Waals surface area contributed by atoms with E-state index in [1.54, 1.807) is 24.3 Å². The van der Waals surface area contributed by atoms with Gasteiger partial charge in [0, 0.05) is 6.20 Å². The van der Waals surface area contributed by atoms with Gasteiger partial charge in [0.1, 0.15) is 0 Å². The highest BCUT2D eigenvalue weighted by Crippen LogP contribution is 2.13. The summed E-state index contributed by atoms with van der Waals surface area (Å²) in [6, 6.07) is 7.86. The van der Waals surface area contributed by atoms with Crippen molar-refractivity contribution >= 4 is 23.3 Å². The van der Waals surface area contributed by atoms with Gasteiger partial charge in [-0.05, 0) is 11.5 Å². The number of nitrogens with zero attached hydrogens (tertiary/aromatic N) is 1. The SMILES string of the molecule is F[B-](F)(F)c1cnc2ccccc2c1. The average Bonchev–Trinajstić information content (AvgIpc) is 2.16. The van der Waals surface area contributed by atoms with Crippen LogP contribution in [-0.4, -0.2) is 12.0 Å². The van der Waals surface area contributed by atoms with E-state index in [1.165, 1.54) is 0 Å². The van der Waals surface area contributed by atoms with Crippen molar-refractivity contribution in [3.8, 4) is 0 Å². The number of rotatable bonds is 1. The summed E-state index contributed by atoms with van der Waals surface area (Å²) in [6.07, 6.45) is 0.877. The maximum Gasteiger partial charge on any atom is 0.511 e. The number of para-hydroxylation sites is 1. The molecular weight excluding hydrogens is 190 g/mol. The monoisotopic (exact) mass is 196 g/mol. The van der Waals surface area contributed by atoms with Crippen LogP contribution in [-0.2, 0) is 0 Å². The van der Waals surface area contributed by atoms with E-state index in [1.807, 2.05) is 0 Å². The first kappa shape index (κ1) is 9.06. The van der Waals surface area contributed by atoms with Crippen molar-refractivity contribution in [3.63, 3.8) is 0 Å². The van der Waals surface area contributed by atoms with Gasteiger partial charge in [0.05, 0.1) is 5.52 Å². The van der Waals surface area contributed by atoms with E-state index in [0.29, 0.717) is 10.9 Å². The molecule has 0 radical (unpaired) electrons. The normalized spacial score (nSPS) is 11.9. The van der Waals surface area contributed by atoms with Gasteiger partial charge in [-0.2, -0.15) is 0 Å². The molecule has 0 aliphatic heterocycles. The Morgan fingerprint density at radius 1 is 1.07 bits per heavy atom. The first-order chi connectivity index (χ1) is 6.57. The zero-order valence-electron chi connectivity index (χ0n) is 7.12. The molecule has 0 atom stereocenters. The Morgan fingerprint density at radius 3 is 2.50 bits per heavy atom. The fourth-order valence-electron chi connectivity index (χ4n) is 1.27. The Labute approximate surface area is 78.6 Å². The van der Waals surface area contributed by atoms with Gasteiger partial charge in [0.2, 0.25) is 0 Å². The van der Waals surface area contributed by atoms with Crippen molar-refractivity contribution in [1.82, 2.24) is 4.98 Å². The topological polar surface area (TPSA) is 12.9 Å². The predicted molar refractivity (Wildman–Crippen MR) is 50.5 cm³/mol. The largest absolute Gasteiger partial charge is 0.511 e. The van der Waals surface area contributed by atoms with Gasteiger partial charge in [-0.25, -0.2) is 0 Å². The fourth-order valence-corrected chi connectivity index (χ4v) is 1.27. The smallest absolute Gasteiger partial charge is 0.445 e. The summed E-state index contributed by atoms with van der Waals surface area (Å²) < 4.78 is 37.0. The summed E-state index contributed by atoms with van der Waals surface area (Å²) in [5.74, 6) is 0. The summed E-state index contributed by atoms with van der Waals surface area (Å²) in [5, 5.41) is 0.518. The standard InChI is InChI=1S/C9H6BF3N/c11-10(12,13)8-5-7-3-1-2-4-9(7)14-6-8/h1-6H/q-1. The third kappa shape index (κ3) is 1.57. The Morgan fingerprint density at radius 2 is 1.79 bits per heavy atom. The third-order valence-corrected chi connectivity index (χ3v) is 1.99. The van der Waals surface area contributed by atoms with Crippen LogP contribution in [0.4, 0.5) is 12.9 Å². The highest BCUT2D eigenvalue weighted by Gasteiger charge is 2.25. The van der Waals surface area contributed by atoms with Crippen molar-refractivity contribution in [2.75, 3.05) is 0 Å². The predicted octanol–water partition coefficient (Wildman–Crippen LogP) is 2.29. The van der Waals surface area contributed by atoms with E-state index in [0.717, 1.165) is 12.3 Å². The minimum Gasteiger partial charge on any atom is -0.445 e. The molecule has 0 aliphatic rings. The molecule has 14 heavy (non-hydrogen) atoms. The third-order valence-electron chi connectivity index (χ3n) is 1.99. The van der Waals surface area contributed by atoms with Crippen molar-refractivity contribution in [3.05, 3.63) is 36.5 Å². The second-order valence-corrected chi connectivity index (χ2v) is 3.04. The van der Waals surface area contributed by atoms with Crippen molar-refractivity contribution in [2.24, 2.45) is 0 Å². The van der Waals surface area contributed by atoms with E-state index >= 15 is 0 Å². The lowest BCUT2D eigenvalue weighted by Gasteiger charge is -2.14. The van der Waals surface area contributed by atoms with Gasteiger partial charge in [0.15, 0.2) is 0 Å². The van der Waals surface area contributed by atoms with Crippen LogP contribution >= 0.6 is 0 Å². The fraction of sp³-hybridized carbons (Fsp3) is 0. The highest BCUT2D eigenvalue weighted by atomic mass is 19.4. The molecule has 2 rings (SSSR count). The number of hydrogen-bond acceptors (Lipinski definition) is 1. The van der Waals surface area contributed by atoms with Crippen LogP contribution in [0.15, 0.2) is 36.5 Å². The van der Waals surface area contributed by atoms with Gasteiger partial charge >= 0.3 is 6.98 Å². The van der Waals surface area contributed by atoms with E-state index in [2.05, 4.69) is 4.98 Å². The summed E-state index contributed by atoms with van der Waals surface area (Å²) in [7, 11) is 0.